The summed E-state index contributed by atoms with van der Waals surface area (Å²) in [5, 5.41) is 3.02. The summed E-state index contributed by atoms with van der Waals surface area (Å²) in [6.07, 6.45) is 2.46. The molecule has 0 aliphatic carbocycles. The van der Waals surface area contributed by atoms with Crippen LogP contribution in [0, 0.1) is 0 Å². The van der Waals surface area contributed by atoms with Gasteiger partial charge in [-0.05, 0) is 24.1 Å². The summed E-state index contributed by atoms with van der Waals surface area (Å²) in [5.74, 6) is 1.74. The van der Waals surface area contributed by atoms with Gasteiger partial charge in [0, 0.05) is 5.56 Å². The smallest absolute Gasteiger partial charge is 0.252 e. The number of aromatic amines is 1. The highest BCUT2D eigenvalue weighted by Crippen LogP contribution is 2.38. The molecule has 0 saturated heterocycles. The number of benzene rings is 2. The standard InChI is InChI=1S/C22H25N3O4/c1-5-16(21-23-13-17(24-21)14-9-7-6-8-10-14)25-22(26)15-11-18(27-2)20(29-4)19(12-15)28-3/h6-13,16H,5H2,1-4H3,(H,23,24)(H,25,26). The van der Waals surface area contributed by atoms with Crippen LogP contribution >= 0.6 is 0 Å². The minimum absolute atomic E-state index is 0.256. The fourth-order valence-electron chi connectivity index (χ4n) is 3.10. The van der Waals surface area contributed by atoms with Gasteiger partial charge in [0.25, 0.3) is 5.91 Å². The first kappa shape index (κ1) is 20.3. The molecule has 0 saturated carbocycles. The van der Waals surface area contributed by atoms with E-state index in [4.69, 9.17) is 14.2 Å². The zero-order chi connectivity index (χ0) is 20.8. The summed E-state index contributed by atoms with van der Waals surface area (Å²) in [6.45, 7) is 1.99. The van der Waals surface area contributed by atoms with E-state index in [-0.39, 0.29) is 11.9 Å². The van der Waals surface area contributed by atoms with Crippen molar-refractivity contribution in [3.8, 4) is 28.5 Å². The Morgan fingerprint density at radius 1 is 1.07 bits per heavy atom. The van der Waals surface area contributed by atoms with Crippen LogP contribution in [0.3, 0.4) is 0 Å². The predicted molar refractivity (Wildman–Crippen MR) is 111 cm³/mol. The van der Waals surface area contributed by atoms with E-state index >= 15 is 0 Å². The van der Waals surface area contributed by atoms with E-state index in [0.717, 1.165) is 11.3 Å². The molecule has 1 aromatic heterocycles. The van der Waals surface area contributed by atoms with Gasteiger partial charge in [0.2, 0.25) is 5.75 Å². The third kappa shape index (κ3) is 4.34. The Kier molecular flexibility index (Phi) is 6.39. The van der Waals surface area contributed by atoms with E-state index in [1.807, 2.05) is 37.3 Å². The number of nitrogens with one attached hydrogen (secondary N) is 2. The third-order valence-corrected chi connectivity index (χ3v) is 4.65. The Morgan fingerprint density at radius 3 is 2.28 bits per heavy atom. The van der Waals surface area contributed by atoms with Gasteiger partial charge in [-0.1, -0.05) is 37.3 Å². The number of rotatable bonds is 8. The van der Waals surface area contributed by atoms with Crippen LogP contribution in [0.1, 0.15) is 35.6 Å². The monoisotopic (exact) mass is 395 g/mol. The Balaban J connectivity index is 1.83. The van der Waals surface area contributed by atoms with Gasteiger partial charge in [-0.25, -0.2) is 4.98 Å². The van der Waals surface area contributed by atoms with Crippen molar-refractivity contribution in [1.82, 2.24) is 15.3 Å². The van der Waals surface area contributed by atoms with E-state index in [0.29, 0.717) is 35.1 Å². The SMILES string of the molecule is CCC(NC(=O)c1cc(OC)c(OC)c(OC)c1)c1ncc(-c2ccccc2)[nH]1. The third-order valence-electron chi connectivity index (χ3n) is 4.65. The van der Waals surface area contributed by atoms with Crippen LogP contribution in [0.5, 0.6) is 17.2 Å². The van der Waals surface area contributed by atoms with E-state index in [1.54, 1.807) is 18.3 Å². The first-order valence-corrected chi connectivity index (χ1v) is 9.32. The molecule has 7 heteroatoms. The number of amides is 1. The Hall–Kier alpha value is -3.48. The predicted octanol–water partition coefficient (Wildman–Crippen LogP) is 3.98. The van der Waals surface area contributed by atoms with Gasteiger partial charge in [-0.2, -0.15) is 0 Å². The highest BCUT2D eigenvalue weighted by atomic mass is 16.5. The van der Waals surface area contributed by atoms with Gasteiger partial charge >= 0.3 is 0 Å². The molecular weight excluding hydrogens is 370 g/mol. The Bertz CT molecular complexity index is 944. The van der Waals surface area contributed by atoms with Gasteiger partial charge in [-0.3, -0.25) is 4.79 Å². The van der Waals surface area contributed by atoms with E-state index < -0.39 is 0 Å². The van der Waals surface area contributed by atoms with Crippen molar-refractivity contribution in [3.05, 3.63) is 60.0 Å². The highest BCUT2D eigenvalue weighted by molar-refractivity contribution is 5.95. The molecule has 0 aliphatic rings. The number of hydrogen-bond donors (Lipinski definition) is 2. The van der Waals surface area contributed by atoms with Crippen molar-refractivity contribution in [3.63, 3.8) is 0 Å². The molecule has 3 rings (SSSR count). The fourth-order valence-corrected chi connectivity index (χ4v) is 3.10. The summed E-state index contributed by atoms with van der Waals surface area (Å²) in [6, 6.07) is 12.9. The number of aromatic nitrogens is 2. The van der Waals surface area contributed by atoms with Crippen molar-refractivity contribution in [1.29, 1.82) is 0 Å². The molecule has 2 aromatic carbocycles. The largest absolute Gasteiger partial charge is 0.493 e. The second kappa shape index (κ2) is 9.14. The molecule has 1 amide bonds. The molecule has 29 heavy (non-hydrogen) atoms. The maximum Gasteiger partial charge on any atom is 0.252 e. The molecule has 0 fully saturated rings. The molecule has 1 heterocycles. The second-order valence-corrected chi connectivity index (χ2v) is 6.40. The van der Waals surface area contributed by atoms with Crippen molar-refractivity contribution in [2.24, 2.45) is 0 Å². The molecule has 0 bridgehead atoms. The van der Waals surface area contributed by atoms with Gasteiger partial charge in [0.15, 0.2) is 11.5 Å². The lowest BCUT2D eigenvalue weighted by Crippen LogP contribution is -2.29. The summed E-state index contributed by atoms with van der Waals surface area (Å²) in [7, 11) is 4.55. The first-order valence-electron chi connectivity index (χ1n) is 9.32. The summed E-state index contributed by atoms with van der Waals surface area (Å²) in [5.41, 5.74) is 2.35. The molecular formula is C22H25N3O4. The fraction of sp³-hybridized carbons (Fsp3) is 0.273. The Labute approximate surface area is 170 Å². The van der Waals surface area contributed by atoms with Crippen molar-refractivity contribution >= 4 is 5.91 Å². The molecule has 7 nitrogen and oxygen atoms in total. The zero-order valence-corrected chi connectivity index (χ0v) is 17.0. The lowest BCUT2D eigenvalue weighted by atomic mass is 10.1. The molecule has 0 radical (unpaired) electrons. The highest BCUT2D eigenvalue weighted by Gasteiger charge is 2.21. The molecule has 0 spiro atoms. The number of hydrogen-bond acceptors (Lipinski definition) is 5. The number of methoxy groups -OCH3 is 3. The van der Waals surface area contributed by atoms with Crippen LogP contribution in [-0.4, -0.2) is 37.2 Å². The first-order chi connectivity index (χ1) is 14.1. The molecule has 1 atom stereocenters. The van der Waals surface area contributed by atoms with Crippen LogP contribution in [0.15, 0.2) is 48.7 Å². The second-order valence-electron chi connectivity index (χ2n) is 6.40. The van der Waals surface area contributed by atoms with Crippen LogP contribution in [0.25, 0.3) is 11.3 Å². The van der Waals surface area contributed by atoms with Crippen LogP contribution in [-0.2, 0) is 0 Å². The average Bonchev–Trinajstić information content (AvgIpc) is 3.26. The normalized spacial score (nSPS) is 11.6. The minimum atomic E-state index is -0.265. The number of H-pyrrole nitrogens is 1. The van der Waals surface area contributed by atoms with Crippen LogP contribution in [0.2, 0.25) is 0 Å². The van der Waals surface area contributed by atoms with Gasteiger partial charge in [0.05, 0.1) is 39.3 Å². The lowest BCUT2D eigenvalue weighted by Gasteiger charge is -2.17. The number of nitrogens with zero attached hydrogens (tertiary/aromatic N) is 1. The van der Waals surface area contributed by atoms with Gasteiger partial charge in [-0.15, -0.1) is 0 Å². The van der Waals surface area contributed by atoms with Crippen LogP contribution < -0.4 is 19.5 Å². The number of carbonyl (C=O) groups excluding carboxylic acids is 1. The van der Waals surface area contributed by atoms with E-state index in [1.165, 1.54) is 21.3 Å². The van der Waals surface area contributed by atoms with Crippen molar-refractivity contribution < 1.29 is 19.0 Å². The lowest BCUT2D eigenvalue weighted by molar-refractivity contribution is 0.0933. The number of carbonyl (C=O) groups is 1. The Morgan fingerprint density at radius 2 is 1.72 bits per heavy atom. The number of imidazole rings is 1. The summed E-state index contributed by atoms with van der Waals surface area (Å²) < 4.78 is 16.0. The molecule has 3 aromatic rings. The molecule has 152 valence electrons. The molecule has 0 aliphatic heterocycles. The van der Waals surface area contributed by atoms with Gasteiger partial charge in [0.1, 0.15) is 5.82 Å². The van der Waals surface area contributed by atoms with E-state index in [9.17, 15) is 4.79 Å². The zero-order valence-electron chi connectivity index (χ0n) is 17.0. The maximum atomic E-state index is 12.9. The number of ether oxygens (including phenoxy) is 3. The van der Waals surface area contributed by atoms with Crippen molar-refractivity contribution in [2.75, 3.05) is 21.3 Å². The topological polar surface area (TPSA) is 85.5 Å². The summed E-state index contributed by atoms with van der Waals surface area (Å²) >= 11 is 0. The summed E-state index contributed by atoms with van der Waals surface area (Å²) in [4.78, 5) is 20.7. The van der Waals surface area contributed by atoms with E-state index in [2.05, 4.69) is 15.3 Å². The van der Waals surface area contributed by atoms with Crippen LogP contribution in [0.4, 0.5) is 0 Å². The minimum Gasteiger partial charge on any atom is -0.493 e. The van der Waals surface area contributed by atoms with Gasteiger partial charge < -0.3 is 24.5 Å². The average molecular weight is 395 g/mol. The molecule has 2 N–H and O–H groups in total. The quantitative estimate of drug-likeness (QED) is 0.602. The maximum absolute atomic E-state index is 12.9. The molecule has 1 unspecified atom stereocenters. The van der Waals surface area contributed by atoms with Crippen molar-refractivity contribution in [2.45, 2.75) is 19.4 Å².